The number of amidine groups is 1. The van der Waals surface area contributed by atoms with Crippen molar-refractivity contribution >= 4 is 24.3 Å². The average molecular weight is 300 g/mol. The van der Waals surface area contributed by atoms with Crippen molar-refractivity contribution in [3.63, 3.8) is 0 Å². The number of halogens is 1. The van der Waals surface area contributed by atoms with E-state index in [-0.39, 0.29) is 18.2 Å². The Balaban J connectivity index is 0.00000361. The third-order valence-corrected chi connectivity index (χ3v) is 2.35. The first-order valence-corrected chi connectivity index (χ1v) is 6.18. The van der Waals surface area contributed by atoms with Gasteiger partial charge in [0.1, 0.15) is 11.4 Å². The largest absolute Gasteiger partial charge is 0.444 e. The van der Waals surface area contributed by atoms with E-state index in [9.17, 15) is 4.79 Å². The van der Waals surface area contributed by atoms with Gasteiger partial charge in [-0.2, -0.15) is 0 Å². The van der Waals surface area contributed by atoms with Crippen molar-refractivity contribution in [2.75, 3.05) is 6.54 Å². The van der Waals surface area contributed by atoms with Gasteiger partial charge in [0.2, 0.25) is 0 Å². The van der Waals surface area contributed by atoms with E-state index in [4.69, 9.17) is 15.9 Å². The zero-order chi connectivity index (χ0) is 14.5. The molecule has 20 heavy (non-hydrogen) atoms. The van der Waals surface area contributed by atoms with E-state index in [2.05, 4.69) is 5.32 Å². The van der Waals surface area contributed by atoms with Crippen molar-refractivity contribution < 1.29 is 9.53 Å². The van der Waals surface area contributed by atoms with Crippen molar-refractivity contribution in [3.05, 3.63) is 35.4 Å². The van der Waals surface area contributed by atoms with Crippen LogP contribution in [0.25, 0.3) is 0 Å². The summed E-state index contributed by atoms with van der Waals surface area (Å²) >= 11 is 0. The number of hydrogen-bond donors (Lipinski definition) is 3. The molecule has 0 aliphatic carbocycles. The minimum atomic E-state index is -0.479. The quantitative estimate of drug-likeness (QED) is 0.589. The highest BCUT2D eigenvalue weighted by atomic mass is 35.5. The molecule has 5 nitrogen and oxygen atoms in total. The number of nitrogens with one attached hydrogen (secondary N) is 2. The van der Waals surface area contributed by atoms with E-state index in [1.165, 1.54) is 0 Å². The Morgan fingerprint density at radius 1 is 1.30 bits per heavy atom. The van der Waals surface area contributed by atoms with Gasteiger partial charge in [0.05, 0.1) is 0 Å². The Morgan fingerprint density at radius 3 is 2.30 bits per heavy atom. The molecule has 112 valence electrons. The van der Waals surface area contributed by atoms with Crippen LogP contribution in [-0.4, -0.2) is 24.1 Å². The van der Waals surface area contributed by atoms with Crippen molar-refractivity contribution in [1.82, 2.24) is 5.32 Å². The molecule has 4 N–H and O–H groups in total. The Labute approximate surface area is 125 Å². The molecule has 0 saturated heterocycles. The Kier molecular flexibility index (Phi) is 7.07. The minimum absolute atomic E-state index is 0. The molecule has 0 fully saturated rings. The lowest BCUT2D eigenvalue weighted by Crippen LogP contribution is -2.33. The van der Waals surface area contributed by atoms with E-state index in [1.807, 2.05) is 32.9 Å². The second-order valence-corrected chi connectivity index (χ2v) is 5.29. The smallest absolute Gasteiger partial charge is 0.407 e. The first kappa shape index (κ1) is 18.2. The van der Waals surface area contributed by atoms with Gasteiger partial charge in [0, 0.05) is 12.1 Å². The summed E-state index contributed by atoms with van der Waals surface area (Å²) in [4.78, 5) is 11.4. The molecule has 0 radical (unpaired) electrons. The molecule has 1 amide bonds. The van der Waals surface area contributed by atoms with Crippen LogP contribution in [0.5, 0.6) is 0 Å². The molecule has 0 aliphatic heterocycles. The van der Waals surface area contributed by atoms with Gasteiger partial charge >= 0.3 is 6.09 Å². The molecule has 0 bridgehead atoms. The fourth-order valence-corrected chi connectivity index (χ4v) is 1.47. The maximum Gasteiger partial charge on any atom is 0.407 e. The van der Waals surface area contributed by atoms with Crippen LogP contribution in [0.4, 0.5) is 4.79 Å². The molecule has 0 aromatic heterocycles. The maximum atomic E-state index is 11.4. The summed E-state index contributed by atoms with van der Waals surface area (Å²) in [5.41, 5.74) is 6.66. The molecule has 6 heteroatoms. The van der Waals surface area contributed by atoms with E-state index >= 15 is 0 Å². The number of amides is 1. The van der Waals surface area contributed by atoms with Crippen LogP contribution in [0.2, 0.25) is 0 Å². The van der Waals surface area contributed by atoms with Gasteiger partial charge < -0.3 is 15.8 Å². The summed E-state index contributed by atoms with van der Waals surface area (Å²) in [5, 5.41) is 9.98. The van der Waals surface area contributed by atoms with Crippen LogP contribution in [-0.2, 0) is 11.2 Å². The number of alkyl carbamates (subject to hydrolysis) is 1. The Hall–Kier alpha value is -1.75. The highest BCUT2D eigenvalue weighted by molar-refractivity contribution is 5.94. The average Bonchev–Trinajstić information content (AvgIpc) is 2.27. The van der Waals surface area contributed by atoms with Crippen LogP contribution < -0.4 is 11.1 Å². The van der Waals surface area contributed by atoms with E-state index < -0.39 is 11.7 Å². The van der Waals surface area contributed by atoms with Gasteiger partial charge in [-0.1, -0.05) is 24.3 Å². The molecule has 0 heterocycles. The molecule has 1 aromatic carbocycles. The summed E-state index contributed by atoms with van der Waals surface area (Å²) in [6.45, 7) is 5.99. The van der Waals surface area contributed by atoms with Crippen LogP contribution in [0, 0.1) is 5.41 Å². The number of ether oxygens (including phenoxy) is 1. The fourth-order valence-electron chi connectivity index (χ4n) is 1.47. The number of carbonyl (C=O) groups excluding carboxylic acids is 1. The van der Waals surface area contributed by atoms with Crippen LogP contribution in [0.1, 0.15) is 31.9 Å². The maximum absolute atomic E-state index is 11.4. The number of nitrogen functional groups attached to an aromatic ring is 1. The predicted molar refractivity (Wildman–Crippen MR) is 82.6 cm³/mol. The number of benzene rings is 1. The van der Waals surface area contributed by atoms with Gasteiger partial charge in [-0.25, -0.2) is 4.79 Å². The summed E-state index contributed by atoms with van der Waals surface area (Å²) in [6.07, 6.45) is 0.296. The third kappa shape index (κ3) is 6.99. The van der Waals surface area contributed by atoms with Gasteiger partial charge in [0.25, 0.3) is 0 Å². The Morgan fingerprint density at radius 2 is 1.85 bits per heavy atom. The molecule has 1 rings (SSSR count). The summed E-state index contributed by atoms with van der Waals surface area (Å²) in [7, 11) is 0. The molecule has 0 aliphatic rings. The van der Waals surface area contributed by atoms with E-state index in [0.29, 0.717) is 18.5 Å². The van der Waals surface area contributed by atoms with Crippen molar-refractivity contribution in [1.29, 1.82) is 5.41 Å². The van der Waals surface area contributed by atoms with Gasteiger partial charge in [-0.3, -0.25) is 5.41 Å². The summed E-state index contributed by atoms with van der Waals surface area (Å²) < 4.78 is 5.13. The number of carbonyl (C=O) groups is 1. The molecule has 1 aromatic rings. The molecule has 0 atom stereocenters. The highest BCUT2D eigenvalue weighted by Crippen LogP contribution is 2.07. The van der Waals surface area contributed by atoms with Gasteiger partial charge in [0.15, 0.2) is 0 Å². The Bertz CT molecular complexity index is 452. The standard InChI is InChI=1S/C14H21N3O2.ClH/c1-14(2,3)19-13(18)17-9-8-10-4-6-11(7-5-10)12(15)16;/h4-7H,8-9H2,1-3H3,(H3,15,16)(H,17,18);1H. The second-order valence-electron chi connectivity index (χ2n) is 5.29. The molecule has 0 spiro atoms. The first-order valence-electron chi connectivity index (χ1n) is 6.18. The third-order valence-electron chi connectivity index (χ3n) is 2.35. The SMILES string of the molecule is CC(C)(C)OC(=O)NCCc1ccc(C(=N)N)cc1.Cl. The second kappa shape index (κ2) is 7.75. The van der Waals surface area contributed by atoms with Gasteiger partial charge in [-0.05, 0) is 32.8 Å². The van der Waals surface area contributed by atoms with Gasteiger partial charge in [-0.15, -0.1) is 12.4 Å². The normalized spacial score (nSPS) is 10.3. The predicted octanol–water partition coefficient (Wildman–Crippen LogP) is 2.46. The fraction of sp³-hybridized carbons (Fsp3) is 0.429. The molecular weight excluding hydrogens is 278 g/mol. The van der Waals surface area contributed by atoms with E-state index in [1.54, 1.807) is 12.1 Å². The zero-order valence-electron chi connectivity index (χ0n) is 12.0. The number of hydrogen-bond acceptors (Lipinski definition) is 3. The lowest BCUT2D eigenvalue weighted by atomic mass is 10.1. The number of rotatable bonds is 4. The monoisotopic (exact) mass is 299 g/mol. The first-order chi connectivity index (χ1) is 8.78. The summed E-state index contributed by atoms with van der Waals surface area (Å²) in [5.74, 6) is 0.0541. The van der Waals surface area contributed by atoms with Crippen LogP contribution in [0.3, 0.4) is 0 Å². The lowest BCUT2D eigenvalue weighted by Gasteiger charge is -2.19. The zero-order valence-corrected chi connectivity index (χ0v) is 12.8. The lowest BCUT2D eigenvalue weighted by molar-refractivity contribution is 0.0528. The summed E-state index contributed by atoms with van der Waals surface area (Å²) in [6, 6.07) is 7.39. The van der Waals surface area contributed by atoms with Crippen LogP contribution >= 0.6 is 12.4 Å². The van der Waals surface area contributed by atoms with E-state index in [0.717, 1.165) is 5.56 Å². The van der Waals surface area contributed by atoms with Crippen molar-refractivity contribution in [2.24, 2.45) is 5.73 Å². The topological polar surface area (TPSA) is 88.2 Å². The highest BCUT2D eigenvalue weighted by Gasteiger charge is 2.15. The van der Waals surface area contributed by atoms with Crippen LogP contribution in [0.15, 0.2) is 24.3 Å². The molecular formula is C14H22ClN3O2. The van der Waals surface area contributed by atoms with Crippen molar-refractivity contribution in [3.8, 4) is 0 Å². The molecule has 0 saturated carbocycles. The van der Waals surface area contributed by atoms with Crippen molar-refractivity contribution in [2.45, 2.75) is 32.8 Å². The molecule has 0 unspecified atom stereocenters. The minimum Gasteiger partial charge on any atom is -0.444 e. The number of nitrogens with two attached hydrogens (primary N) is 1.